The average Bonchev–Trinajstić information content (AvgIpc) is 2.93. The highest BCUT2D eigenvalue weighted by Gasteiger charge is 2.10. The molecule has 0 aliphatic rings. The molecular weight excluding hydrogens is 244 g/mol. The van der Waals surface area contributed by atoms with Crippen LogP contribution in [0.5, 0.6) is 0 Å². The van der Waals surface area contributed by atoms with Gasteiger partial charge in [-0.25, -0.2) is 0 Å². The lowest BCUT2D eigenvalue weighted by molar-refractivity contribution is 0.102. The Morgan fingerprint density at radius 1 is 1.42 bits per heavy atom. The molecule has 0 aliphatic carbocycles. The van der Waals surface area contributed by atoms with E-state index in [-0.39, 0.29) is 5.91 Å². The van der Waals surface area contributed by atoms with Crippen LogP contribution in [-0.2, 0) is 0 Å². The smallest absolute Gasteiger partial charge is 0.258 e. The molecule has 0 saturated carbocycles. The van der Waals surface area contributed by atoms with Crippen LogP contribution in [0.1, 0.15) is 22.0 Å². The summed E-state index contributed by atoms with van der Waals surface area (Å²) in [5.74, 6) is -0.242. The minimum Gasteiger partial charge on any atom is -0.472 e. The molecule has 2 rings (SSSR count). The fourth-order valence-electron chi connectivity index (χ4n) is 1.73. The van der Waals surface area contributed by atoms with E-state index in [2.05, 4.69) is 10.6 Å². The molecule has 1 aromatic heterocycles. The molecule has 0 bridgehead atoms. The maximum Gasteiger partial charge on any atom is 0.258 e. The first-order valence-corrected chi connectivity index (χ1v) is 5.97. The third-order valence-electron chi connectivity index (χ3n) is 2.71. The summed E-state index contributed by atoms with van der Waals surface area (Å²) in [4.78, 5) is 11.8. The zero-order valence-electron chi connectivity index (χ0n) is 10.6. The molecule has 5 nitrogen and oxygen atoms in total. The number of nitrogens with one attached hydrogen (secondary N) is 2. The Bertz CT molecular complexity index is 537. The normalized spacial score (nSPS) is 12.1. The summed E-state index contributed by atoms with van der Waals surface area (Å²) in [6, 6.07) is 8.72. The molecule has 100 valence electrons. The Kier molecular flexibility index (Phi) is 4.33. The van der Waals surface area contributed by atoms with Gasteiger partial charge in [0.05, 0.1) is 17.9 Å². The van der Waals surface area contributed by atoms with E-state index in [1.165, 1.54) is 12.5 Å². The summed E-state index contributed by atoms with van der Waals surface area (Å²) in [6.45, 7) is 0.457. The third kappa shape index (κ3) is 3.43. The van der Waals surface area contributed by atoms with Gasteiger partial charge >= 0.3 is 0 Å². The van der Waals surface area contributed by atoms with E-state index in [1.54, 1.807) is 31.3 Å². The van der Waals surface area contributed by atoms with Gasteiger partial charge in [-0.2, -0.15) is 0 Å². The van der Waals surface area contributed by atoms with E-state index in [4.69, 9.17) is 4.42 Å². The van der Waals surface area contributed by atoms with Crippen molar-refractivity contribution >= 4 is 11.6 Å². The quantitative estimate of drug-likeness (QED) is 0.766. The van der Waals surface area contributed by atoms with Crippen LogP contribution in [0, 0.1) is 0 Å². The number of amides is 1. The summed E-state index contributed by atoms with van der Waals surface area (Å²) in [7, 11) is 1.77. The molecule has 0 saturated heterocycles. The second kappa shape index (κ2) is 6.17. The summed E-state index contributed by atoms with van der Waals surface area (Å²) in [5.41, 5.74) is 1.85. The van der Waals surface area contributed by atoms with Crippen molar-refractivity contribution in [2.75, 3.05) is 18.9 Å². The van der Waals surface area contributed by atoms with Gasteiger partial charge in [0.15, 0.2) is 0 Å². The van der Waals surface area contributed by atoms with Crippen LogP contribution < -0.4 is 10.6 Å². The van der Waals surface area contributed by atoms with Gasteiger partial charge < -0.3 is 20.2 Å². The number of carbonyl (C=O) groups excluding carboxylic acids is 1. The molecule has 2 aromatic rings. The highest BCUT2D eigenvalue weighted by molar-refractivity contribution is 6.04. The molecule has 0 spiro atoms. The number of anilines is 1. The molecule has 19 heavy (non-hydrogen) atoms. The summed E-state index contributed by atoms with van der Waals surface area (Å²) >= 11 is 0. The fourth-order valence-corrected chi connectivity index (χ4v) is 1.73. The largest absolute Gasteiger partial charge is 0.472 e. The summed E-state index contributed by atoms with van der Waals surface area (Å²) < 4.78 is 4.86. The zero-order valence-corrected chi connectivity index (χ0v) is 10.6. The highest BCUT2D eigenvalue weighted by Crippen LogP contribution is 2.18. The van der Waals surface area contributed by atoms with Crippen molar-refractivity contribution in [3.05, 3.63) is 54.0 Å². The molecule has 0 radical (unpaired) electrons. The first-order chi connectivity index (χ1) is 9.20. The maximum atomic E-state index is 11.8. The number of furan rings is 1. The van der Waals surface area contributed by atoms with E-state index in [9.17, 15) is 9.90 Å². The molecule has 5 heteroatoms. The van der Waals surface area contributed by atoms with Crippen LogP contribution in [0.25, 0.3) is 0 Å². The summed E-state index contributed by atoms with van der Waals surface area (Å²) in [6.07, 6.45) is 2.23. The predicted octanol–water partition coefficient (Wildman–Crippen LogP) is 1.78. The van der Waals surface area contributed by atoms with Gasteiger partial charge in [-0.3, -0.25) is 4.79 Å². The number of aliphatic hydroxyl groups excluding tert-OH is 1. The van der Waals surface area contributed by atoms with Crippen molar-refractivity contribution in [1.82, 2.24) is 5.32 Å². The van der Waals surface area contributed by atoms with Crippen molar-refractivity contribution in [2.24, 2.45) is 0 Å². The first-order valence-electron chi connectivity index (χ1n) is 5.97. The lowest BCUT2D eigenvalue weighted by Gasteiger charge is -2.12. The van der Waals surface area contributed by atoms with Gasteiger partial charge in [0.2, 0.25) is 0 Å². The Balaban J connectivity index is 2.09. The second-order valence-corrected chi connectivity index (χ2v) is 4.17. The molecule has 1 atom stereocenters. The van der Waals surface area contributed by atoms with Gasteiger partial charge in [-0.15, -0.1) is 0 Å². The van der Waals surface area contributed by atoms with Gasteiger partial charge in [0, 0.05) is 12.2 Å². The van der Waals surface area contributed by atoms with Crippen molar-refractivity contribution in [2.45, 2.75) is 6.10 Å². The van der Waals surface area contributed by atoms with Crippen LogP contribution in [0.3, 0.4) is 0 Å². The Labute approximate surface area is 111 Å². The molecule has 1 heterocycles. The topological polar surface area (TPSA) is 74.5 Å². The van der Waals surface area contributed by atoms with E-state index in [0.29, 0.717) is 17.8 Å². The van der Waals surface area contributed by atoms with E-state index >= 15 is 0 Å². The zero-order chi connectivity index (χ0) is 13.7. The molecule has 1 amide bonds. The first kappa shape index (κ1) is 13.3. The predicted molar refractivity (Wildman–Crippen MR) is 72.0 cm³/mol. The van der Waals surface area contributed by atoms with Crippen molar-refractivity contribution in [1.29, 1.82) is 0 Å². The molecule has 1 unspecified atom stereocenters. The van der Waals surface area contributed by atoms with Crippen LogP contribution >= 0.6 is 0 Å². The number of benzene rings is 1. The van der Waals surface area contributed by atoms with Crippen molar-refractivity contribution in [3.63, 3.8) is 0 Å². The second-order valence-electron chi connectivity index (χ2n) is 4.17. The third-order valence-corrected chi connectivity index (χ3v) is 2.71. The van der Waals surface area contributed by atoms with E-state index in [0.717, 1.165) is 5.56 Å². The van der Waals surface area contributed by atoms with Crippen LogP contribution in [0.2, 0.25) is 0 Å². The Hall–Kier alpha value is -2.11. The Morgan fingerprint density at radius 2 is 2.26 bits per heavy atom. The molecule has 0 fully saturated rings. The van der Waals surface area contributed by atoms with Gasteiger partial charge in [0.1, 0.15) is 6.26 Å². The Morgan fingerprint density at radius 3 is 2.95 bits per heavy atom. The van der Waals surface area contributed by atoms with Gasteiger partial charge in [-0.1, -0.05) is 12.1 Å². The maximum absolute atomic E-state index is 11.8. The van der Waals surface area contributed by atoms with Crippen molar-refractivity contribution < 1.29 is 14.3 Å². The van der Waals surface area contributed by atoms with Crippen LogP contribution in [0.15, 0.2) is 47.3 Å². The standard InChI is InChI=1S/C14H16N2O3/c1-15-8-13(17)10-3-2-4-12(7-10)16-14(18)11-5-6-19-9-11/h2-7,9,13,15,17H,8H2,1H3,(H,16,18). The van der Waals surface area contributed by atoms with Crippen LogP contribution in [-0.4, -0.2) is 24.6 Å². The fraction of sp³-hybridized carbons (Fsp3) is 0.214. The van der Waals surface area contributed by atoms with E-state index < -0.39 is 6.10 Å². The van der Waals surface area contributed by atoms with Crippen molar-refractivity contribution in [3.8, 4) is 0 Å². The lowest BCUT2D eigenvalue weighted by atomic mass is 10.1. The minimum atomic E-state index is -0.601. The van der Waals surface area contributed by atoms with Gasteiger partial charge in [-0.05, 0) is 30.8 Å². The summed E-state index contributed by atoms with van der Waals surface area (Å²) in [5, 5.41) is 15.5. The highest BCUT2D eigenvalue weighted by atomic mass is 16.3. The number of rotatable bonds is 5. The molecule has 3 N–H and O–H groups in total. The average molecular weight is 260 g/mol. The SMILES string of the molecule is CNCC(O)c1cccc(NC(=O)c2ccoc2)c1. The number of carbonyl (C=O) groups is 1. The number of aliphatic hydroxyl groups is 1. The lowest BCUT2D eigenvalue weighted by Crippen LogP contribution is -2.17. The minimum absolute atomic E-state index is 0.242. The monoisotopic (exact) mass is 260 g/mol. The molecule has 0 aliphatic heterocycles. The van der Waals surface area contributed by atoms with Crippen LogP contribution in [0.4, 0.5) is 5.69 Å². The number of hydrogen-bond donors (Lipinski definition) is 3. The number of likely N-dealkylation sites (N-methyl/N-ethyl adjacent to an activating group) is 1. The number of hydrogen-bond acceptors (Lipinski definition) is 4. The van der Waals surface area contributed by atoms with Gasteiger partial charge in [0.25, 0.3) is 5.91 Å². The molecule has 1 aromatic carbocycles. The van der Waals surface area contributed by atoms with E-state index in [1.807, 2.05) is 6.07 Å². The molecular formula is C14H16N2O3.